The van der Waals surface area contributed by atoms with Gasteiger partial charge in [-0.3, -0.25) is 0 Å². The highest BCUT2D eigenvalue weighted by Crippen LogP contribution is 2.31. The molecule has 0 spiro atoms. The number of para-hydroxylation sites is 1. The van der Waals surface area contributed by atoms with Crippen LogP contribution >= 0.6 is 0 Å². The molecule has 0 bridgehead atoms. The molecular weight excluding hydrogens is 257 g/mol. The average Bonchev–Trinajstić information content (AvgIpc) is 2.87. The zero-order valence-corrected chi connectivity index (χ0v) is 11.3. The zero-order valence-electron chi connectivity index (χ0n) is 11.3. The topological polar surface area (TPSA) is 51.0 Å². The molecule has 0 atom stereocenters. The van der Waals surface area contributed by atoms with Crippen LogP contribution in [-0.2, 0) is 0 Å². The average molecular weight is 271 g/mol. The first-order valence-corrected chi connectivity index (χ1v) is 6.44. The second-order valence-electron chi connectivity index (χ2n) is 4.50. The summed E-state index contributed by atoms with van der Waals surface area (Å²) < 4.78 is 19.3. The molecule has 20 heavy (non-hydrogen) atoms. The van der Waals surface area contributed by atoms with Crippen molar-refractivity contribution in [3.05, 3.63) is 42.0 Å². The number of furan rings is 1. The van der Waals surface area contributed by atoms with Crippen LogP contribution in [-0.4, -0.2) is 16.5 Å². The zero-order chi connectivity index (χ0) is 14.1. The Hall–Kier alpha value is -2.43. The molecule has 0 fully saturated rings. The number of benzene rings is 1. The van der Waals surface area contributed by atoms with Gasteiger partial charge in [0.2, 0.25) is 0 Å². The van der Waals surface area contributed by atoms with Crippen LogP contribution in [0.25, 0.3) is 22.4 Å². The lowest BCUT2D eigenvalue weighted by Gasteiger charge is -2.08. The van der Waals surface area contributed by atoms with Crippen LogP contribution in [0.15, 0.2) is 35.0 Å². The molecule has 3 rings (SSSR count). The number of nitrogens with zero attached hydrogens (tertiary/aromatic N) is 2. The lowest BCUT2D eigenvalue weighted by molar-refractivity contribution is 0.567. The van der Waals surface area contributed by atoms with E-state index in [1.54, 1.807) is 12.1 Å². The second kappa shape index (κ2) is 4.92. The second-order valence-corrected chi connectivity index (χ2v) is 4.50. The van der Waals surface area contributed by atoms with E-state index in [2.05, 4.69) is 15.3 Å². The number of hydrogen-bond acceptors (Lipinski definition) is 4. The fourth-order valence-corrected chi connectivity index (χ4v) is 2.19. The van der Waals surface area contributed by atoms with Gasteiger partial charge in [-0.2, -0.15) is 0 Å². The van der Waals surface area contributed by atoms with E-state index in [0.29, 0.717) is 11.5 Å². The van der Waals surface area contributed by atoms with Gasteiger partial charge in [-0.15, -0.1) is 0 Å². The van der Waals surface area contributed by atoms with Gasteiger partial charge in [-0.05, 0) is 26.0 Å². The largest absolute Gasteiger partial charge is 0.451 e. The Morgan fingerprint density at radius 3 is 2.90 bits per heavy atom. The number of halogens is 1. The van der Waals surface area contributed by atoms with Crippen molar-refractivity contribution in [1.29, 1.82) is 0 Å². The molecule has 1 aromatic carbocycles. The summed E-state index contributed by atoms with van der Waals surface area (Å²) in [6.45, 7) is 4.68. The third-order valence-corrected chi connectivity index (χ3v) is 3.16. The summed E-state index contributed by atoms with van der Waals surface area (Å²) in [6.07, 6.45) is 1.48. The van der Waals surface area contributed by atoms with Crippen LogP contribution in [0.3, 0.4) is 0 Å². The van der Waals surface area contributed by atoms with Crippen molar-refractivity contribution < 1.29 is 8.81 Å². The first-order valence-electron chi connectivity index (χ1n) is 6.44. The van der Waals surface area contributed by atoms with Crippen LogP contribution in [0, 0.1) is 12.7 Å². The third kappa shape index (κ3) is 2.01. The first kappa shape index (κ1) is 12.6. The Morgan fingerprint density at radius 2 is 2.15 bits per heavy atom. The monoisotopic (exact) mass is 271 g/mol. The number of aromatic nitrogens is 2. The molecule has 0 amide bonds. The Bertz CT molecular complexity index is 767. The van der Waals surface area contributed by atoms with Crippen LogP contribution in [0.5, 0.6) is 0 Å². The van der Waals surface area contributed by atoms with E-state index in [4.69, 9.17) is 4.42 Å². The van der Waals surface area contributed by atoms with Crippen LogP contribution in [0.1, 0.15) is 12.5 Å². The SMILES string of the molecule is CCNc1ncnc(-c2cc3cccc(F)c3o2)c1C. The molecule has 4 nitrogen and oxygen atoms in total. The Kier molecular flexibility index (Phi) is 3.10. The number of rotatable bonds is 3. The van der Waals surface area contributed by atoms with Gasteiger partial charge in [0.1, 0.15) is 17.8 Å². The van der Waals surface area contributed by atoms with Gasteiger partial charge < -0.3 is 9.73 Å². The van der Waals surface area contributed by atoms with Crippen LogP contribution in [0.2, 0.25) is 0 Å². The van der Waals surface area contributed by atoms with E-state index in [-0.39, 0.29) is 11.4 Å². The number of nitrogens with one attached hydrogen (secondary N) is 1. The molecular formula is C15H14FN3O. The minimum absolute atomic E-state index is 0.255. The van der Waals surface area contributed by atoms with Crippen molar-refractivity contribution in [2.75, 3.05) is 11.9 Å². The maximum absolute atomic E-state index is 13.7. The molecule has 0 aliphatic heterocycles. The number of fused-ring (bicyclic) bond motifs is 1. The molecule has 0 unspecified atom stereocenters. The van der Waals surface area contributed by atoms with Crippen molar-refractivity contribution in [3.8, 4) is 11.5 Å². The summed E-state index contributed by atoms with van der Waals surface area (Å²) in [4.78, 5) is 8.44. The molecule has 3 aromatic rings. The van der Waals surface area contributed by atoms with Crippen molar-refractivity contribution >= 4 is 16.8 Å². The Balaban J connectivity index is 2.16. The predicted octanol–water partition coefficient (Wildman–Crippen LogP) is 3.77. The third-order valence-electron chi connectivity index (χ3n) is 3.16. The fraction of sp³-hybridized carbons (Fsp3) is 0.200. The summed E-state index contributed by atoms with van der Waals surface area (Å²) in [6, 6.07) is 6.65. The van der Waals surface area contributed by atoms with E-state index in [1.165, 1.54) is 12.4 Å². The van der Waals surface area contributed by atoms with Gasteiger partial charge in [0.05, 0.1) is 0 Å². The van der Waals surface area contributed by atoms with Gasteiger partial charge in [0, 0.05) is 17.5 Å². The molecule has 0 saturated carbocycles. The normalized spacial score (nSPS) is 10.9. The Morgan fingerprint density at radius 1 is 1.30 bits per heavy atom. The van der Waals surface area contributed by atoms with Crippen molar-refractivity contribution in [2.45, 2.75) is 13.8 Å². The highest BCUT2D eigenvalue weighted by molar-refractivity contribution is 5.83. The van der Waals surface area contributed by atoms with Gasteiger partial charge in [-0.1, -0.05) is 12.1 Å². The van der Waals surface area contributed by atoms with Gasteiger partial charge in [-0.25, -0.2) is 14.4 Å². The highest BCUT2D eigenvalue weighted by atomic mass is 19.1. The molecule has 0 radical (unpaired) electrons. The lowest BCUT2D eigenvalue weighted by atomic mass is 10.1. The lowest BCUT2D eigenvalue weighted by Crippen LogP contribution is -2.03. The van der Waals surface area contributed by atoms with E-state index in [0.717, 1.165) is 23.3 Å². The van der Waals surface area contributed by atoms with Crippen LogP contribution in [0.4, 0.5) is 10.2 Å². The predicted molar refractivity (Wildman–Crippen MR) is 76.1 cm³/mol. The van der Waals surface area contributed by atoms with E-state index >= 15 is 0 Å². The molecule has 2 aromatic heterocycles. The van der Waals surface area contributed by atoms with E-state index in [1.807, 2.05) is 19.9 Å². The van der Waals surface area contributed by atoms with Crippen molar-refractivity contribution in [3.63, 3.8) is 0 Å². The van der Waals surface area contributed by atoms with Gasteiger partial charge in [0.25, 0.3) is 0 Å². The molecule has 0 aliphatic rings. The minimum atomic E-state index is -0.368. The molecule has 102 valence electrons. The fourth-order valence-electron chi connectivity index (χ4n) is 2.19. The maximum atomic E-state index is 13.7. The summed E-state index contributed by atoms with van der Waals surface area (Å²) >= 11 is 0. The van der Waals surface area contributed by atoms with Gasteiger partial charge >= 0.3 is 0 Å². The first-order chi connectivity index (χ1) is 9.70. The number of anilines is 1. The number of hydrogen-bond donors (Lipinski definition) is 1. The molecule has 0 aliphatic carbocycles. The smallest absolute Gasteiger partial charge is 0.170 e. The summed E-state index contributed by atoms with van der Waals surface area (Å²) in [5, 5.41) is 3.89. The summed E-state index contributed by atoms with van der Waals surface area (Å²) in [5.41, 5.74) is 1.81. The quantitative estimate of drug-likeness (QED) is 0.787. The molecule has 2 heterocycles. The van der Waals surface area contributed by atoms with Gasteiger partial charge in [0.15, 0.2) is 17.2 Å². The maximum Gasteiger partial charge on any atom is 0.170 e. The molecule has 0 saturated heterocycles. The Labute approximate surface area is 115 Å². The highest BCUT2D eigenvalue weighted by Gasteiger charge is 2.14. The van der Waals surface area contributed by atoms with E-state index < -0.39 is 0 Å². The minimum Gasteiger partial charge on any atom is -0.451 e. The molecule has 5 heteroatoms. The van der Waals surface area contributed by atoms with Crippen LogP contribution < -0.4 is 5.32 Å². The van der Waals surface area contributed by atoms with Crippen molar-refractivity contribution in [2.24, 2.45) is 0 Å². The molecule has 1 N–H and O–H groups in total. The summed E-state index contributed by atoms with van der Waals surface area (Å²) in [7, 11) is 0. The summed E-state index contributed by atoms with van der Waals surface area (Å²) in [5.74, 6) is 0.940. The van der Waals surface area contributed by atoms with E-state index in [9.17, 15) is 4.39 Å². The van der Waals surface area contributed by atoms with Crippen molar-refractivity contribution in [1.82, 2.24) is 9.97 Å². The standard InChI is InChI=1S/C15H14FN3O/c1-3-17-15-9(2)13(18-8-19-15)12-7-10-5-4-6-11(16)14(10)20-12/h4-8H,3H2,1-2H3,(H,17,18,19).